The van der Waals surface area contributed by atoms with Crippen molar-refractivity contribution >= 4 is 0 Å². The number of furan rings is 1. The Kier molecular flexibility index (Phi) is 2.93. The van der Waals surface area contributed by atoms with E-state index in [1.54, 1.807) is 6.26 Å². The molecule has 0 aliphatic carbocycles. The van der Waals surface area contributed by atoms with Gasteiger partial charge in [0.25, 0.3) is 0 Å². The van der Waals surface area contributed by atoms with Crippen molar-refractivity contribution in [2.24, 2.45) is 5.73 Å². The highest BCUT2D eigenvalue weighted by molar-refractivity contribution is 5.64. The molecule has 0 unspecified atom stereocenters. The summed E-state index contributed by atoms with van der Waals surface area (Å²) < 4.78 is 5.39. The molecule has 0 bridgehead atoms. The fraction of sp³-hybridized carbons (Fsp3) is 0.133. The van der Waals surface area contributed by atoms with Gasteiger partial charge >= 0.3 is 0 Å². The van der Waals surface area contributed by atoms with Gasteiger partial charge in [0.1, 0.15) is 11.5 Å². The maximum Gasteiger partial charge on any atom is 0.154 e. The molecule has 2 heterocycles. The van der Waals surface area contributed by atoms with Crippen LogP contribution in [0.4, 0.5) is 0 Å². The van der Waals surface area contributed by atoms with Gasteiger partial charge in [0, 0.05) is 17.8 Å². The van der Waals surface area contributed by atoms with E-state index in [0.717, 1.165) is 34.1 Å². The molecule has 96 valence electrons. The lowest BCUT2D eigenvalue weighted by atomic mass is 10.1. The van der Waals surface area contributed by atoms with Crippen LogP contribution in [0.1, 0.15) is 11.3 Å². The molecule has 1 aromatic carbocycles. The lowest BCUT2D eigenvalue weighted by Gasteiger charge is -2.00. The van der Waals surface area contributed by atoms with E-state index < -0.39 is 0 Å². The van der Waals surface area contributed by atoms with Crippen molar-refractivity contribution < 1.29 is 4.42 Å². The average Bonchev–Trinajstić information content (AvgIpc) is 3.07. The van der Waals surface area contributed by atoms with Crippen molar-refractivity contribution in [2.75, 3.05) is 0 Å². The molecule has 19 heavy (non-hydrogen) atoms. The summed E-state index contributed by atoms with van der Waals surface area (Å²) in [7, 11) is 0. The van der Waals surface area contributed by atoms with Gasteiger partial charge in [0.15, 0.2) is 5.76 Å². The minimum Gasteiger partial charge on any atom is -0.463 e. The second-order valence-electron chi connectivity index (χ2n) is 4.44. The Balaban J connectivity index is 2.04. The maximum atomic E-state index is 5.66. The van der Waals surface area contributed by atoms with Crippen LogP contribution in [0, 0.1) is 6.92 Å². The molecule has 0 aliphatic heterocycles. The Morgan fingerprint density at radius 2 is 2.16 bits per heavy atom. The predicted molar refractivity (Wildman–Crippen MR) is 74.4 cm³/mol. The molecule has 0 aliphatic rings. The Morgan fingerprint density at radius 3 is 2.89 bits per heavy atom. The number of nitrogens with zero attached hydrogens (tertiary/aromatic N) is 1. The fourth-order valence-corrected chi connectivity index (χ4v) is 2.10. The molecule has 0 saturated heterocycles. The standard InChI is InChI=1S/C15H15N3O/c1-10-14(13-6-3-7-19-13)18-15(17-10)12-5-2-4-11(8-12)9-16/h2-8H,9,16H2,1H3,(H,17,18). The number of aryl methyl sites for hydroxylation is 1. The van der Waals surface area contributed by atoms with Gasteiger partial charge in [-0.3, -0.25) is 0 Å². The lowest BCUT2D eigenvalue weighted by molar-refractivity contribution is 0.580. The fourth-order valence-electron chi connectivity index (χ4n) is 2.10. The van der Waals surface area contributed by atoms with Gasteiger partial charge in [0.05, 0.1) is 6.26 Å². The topological polar surface area (TPSA) is 67.8 Å². The Bertz CT molecular complexity index is 683. The van der Waals surface area contributed by atoms with Crippen LogP contribution < -0.4 is 5.73 Å². The third-order valence-electron chi connectivity index (χ3n) is 3.08. The third kappa shape index (κ3) is 2.18. The van der Waals surface area contributed by atoms with E-state index in [2.05, 4.69) is 9.97 Å². The van der Waals surface area contributed by atoms with Crippen LogP contribution in [-0.2, 0) is 6.54 Å². The third-order valence-corrected chi connectivity index (χ3v) is 3.08. The van der Waals surface area contributed by atoms with Gasteiger partial charge < -0.3 is 15.1 Å². The molecule has 0 spiro atoms. The largest absolute Gasteiger partial charge is 0.463 e. The quantitative estimate of drug-likeness (QED) is 0.753. The summed E-state index contributed by atoms with van der Waals surface area (Å²) >= 11 is 0. The number of benzene rings is 1. The van der Waals surface area contributed by atoms with Crippen LogP contribution in [0.5, 0.6) is 0 Å². The first kappa shape index (κ1) is 11.7. The number of nitrogens with two attached hydrogens (primary N) is 1. The molecular formula is C15H15N3O. The van der Waals surface area contributed by atoms with Crippen molar-refractivity contribution in [3.63, 3.8) is 0 Å². The minimum absolute atomic E-state index is 0.526. The molecule has 0 saturated carbocycles. The first-order valence-corrected chi connectivity index (χ1v) is 6.18. The van der Waals surface area contributed by atoms with Gasteiger partial charge in [-0.25, -0.2) is 4.98 Å². The molecule has 0 fully saturated rings. The van der Waals surface area contributed by atoms with Crippen LogP contribution in [0.3, 0.4) is 0 Å². The number of hydrogen-bond donors (Lipinski definition) is 2. The summed E-state index contributed by atoms with van der Waals surface area (Å²) in [5.41, 5.74) is 9.62. The Hall–Kier alpha value is -2.33. The second kappa shape index (κ2) is 4.74. The van der Waals surface area contributed by atoms with Crippen LogP contribution in [-0.4, -0.2) is 9.97 Å². The first-order valence-electron chi connectivity index (χ1n) is 6.18. The normalized spacial score (nSPS) is 10.8. The maximum absolute atomic E-state index is 5.66. The number of aromatic nitrogens is 2. The lowest BCUT2D eigenvalue weighted by Crippen LogP contribution is -1.96. The molecule has 0 amide bonds. The summed E-state index contributed by atoms with van der Waals surface area (Å²) in [6.45, 7) is 2.51. The highest BCUT2D eigenvalue weighted by Gasteiger charge is 2.12. The molecule has 4 heteroatoms. The zero-order valence-electron chi connectivity index (χ0n) is 10.7. The van der Waals surface area contributed by atoms with Gasteiger partial charge in [-0.15, -0.1) is 0 Å². The van der Waals surface area contributed by atoms with Crippen LogP contribution in [0.2, 0.25) is 0 Å². The Labute approximate surface area is 111 Å². The molecule has 2 aromatic heterocycles. The van der Waals surface area contributed by atoms with Crippen LogP contribution >= 0.6 is 0 Å². The number of hydrogen-bond acceptors (Lipinski definition) is 3. The smallest absolute Gasteiger partial charge is 0.154 e. The molecular weight excluding hydrogens is 238 g/mol. The van der Waals surface area contributed by atoms with Gasteiger partial charge in [-0.1, -0.05) is 18.2 Å². The van der Waals surface area contributed by atoms with Crippen LogP contribution in [0.15, 0.2) is 47.1 Å². The molecule has 3 rings (SSSR count). The van der Waals surface area contributed by atoms with Gasteiger partial charge in [0.2, 0.25) is 0 Å². The number of rotatable bonds is 3. The second-order valence-corrected chi connectivity index (χ2v) is 4.44. The van der Waals surface area contributed by atoms with Gasteiger partial charge in [-0.05, 0) is 30.7 Å². The van der Waals surface area contributed by atoms with E-state index in [1.165, 1.54) is 0 Å². The van der Waals surface area contributed by atoms with Crippen molar-refractivity contribution in [3.05, 3.63) is 53.9 Å². The molecule has 0 radical (unpaired) electrons. The summed E-state index contributed by atoms with van der Waals surface area (Å²) in [6, 6.07) is 11.8. The average molecular weight is 253 g/mol. The van der Waals surface area contributed by atoms with Gasteiger partial charge in [-0.2, -0.15) is 0 Å². The minimum atomic E-state index is 0.526. The van der Waals surface area contributed by atoms with Crippen molar-refractivity contribution in [2.45, 2.75) is 13.5 Å². The van der Waals surface area contributed by atoms with E-state index in [0.29, 0.717) is 6.54 Å². The molecule has 4 nitrogen and oxygen atoms in total. The zero-order chi connectivity index (χ0) is 13.2. The van der Waals surface area contributed by atoms with E-state index in [9.17, 15) is 0 Å². The molecule has 3 aromatic rings. The number of H-pyrrole nitrogens is 1. The first-order chi connectivity index (χ1) is 9.28. The van der Waals surface area contributed by atoms with Crippen molar-refractivity contribution in [1.29, 1.82) is 0 Å². The summed E-state index contributed by atoms with van der Waals surface area (Å²) in [6.07, 6.45) is 1.65. The van der Waals surface area contributed by atoms with Crippen molar-refractivity contribution in [3.8, 4) is 22.8 Å². The van der Waals surface area contributed by atoms with Crippen molar-refractivity contribution in [1.82, 2.24) is 9.97 Å². The SMILES string of the molecule is Cc1[nH]c(-c2cccc(CN)c2)nc1-c1ccco1. The molecule has 3 N–H and O–H groups in total. The summed E-state index contributed by atoms with van der Waals surface area (Å²) in [5.74, 6) is 1.61. The van der Waals surface area contributed by atoms with E-state index in [4.69, 9.17) is 10.2 Å². The zero-order valence-corrected chi connectivity index (χ0v) is 10.7. The summed E-state index contributed by atoms with van der Waals surface area (Å²) in [5, 5.41) is 0. The van der Waals surface area contributed by atoms with E-state index in [1.807, 2.05) is 43.3 Å². The number of nitrogens with one attached hydrogen (secondary N) is 1. The summed E-state index contributed by atoms with van der Waals surface area (Å²) in [4.78, 5) is 7.90. The van der Waals surface area contributed by atoms with Crippen LogP contribution in [0.25, 0.3) is 22.8 Å². The number of imidazole rings is 1. The van der Waals surface area contributed by atoms with E-state index >= 15 is 0 Å². The van der Waals surface area contributed by atoms with E-state index in [-0.39, 0.29) is 0 Å². The predicted octanol–water partition coefficient (Wildman–Crippen LogP) is 3.10. The Morgan fingerprint density at radius 1 is 1.26 bits per heavy atom. The monoisotopic (exact) mass is 253 g/mol. The highest BCUT2D eigenvalue weighted by atomic mass is 16.3. The molecule has 0 atom stereocenters. The highest BCUT2D eigenvalue weighted by Crippen LogP contribution is 2.26. The number of aromatic amines is 1.